The summed E-state index contributed by atoms with van der Waals surface area (Å²) in [4.78, 5) is 4.94. The topological polar surface area (TPSA) is 35.9 Å². The zero-order chi connectivity index (χ0) is 14.5. The SMILES string of the molecule is CCC(C)N1CCN(Cc2cccc(OC)c2O)CC1. The molecule has 1 aromatic carbocycles. The van der Waals surface area contributed by atoms with Crippen LogP contribution in [0.3, 0.4) is 0 Å². The van der Waals surface area contributed by atoms with Crippen LogP contribution in [0.2, 0.25) is 0 Å². The van der Waals surface area contributed by atoms with Gasteiger partial charge in [-0.1, -0.05) is 19.1 Å². The summed E-state index contributed by atoms with van der Waals surface area (Å²) in [5, 5.41) is 10.1. The predicted octanol–water partition coefficient (Wildman–Crippen LogP) is 2.32. The minimum absolute atomic E-state index is 0.277. The molecule has 0 aromatic heterocycles. The number of phenolic OH excluding ortho intramolecular Hbond substituents is 1. The molecule has 0 aliphatic carbocycles. The lowest BCUT2D eigenvalue weighted by Crippen LogP contribution is -2.48. The summed E-state index contributed by atoms with van der Waals surface area (Å²) >= 11 is 0. The number of hydrogen-bond donors (Lipinski definition) is 1. The van der Waals surface area contributed by atoms with Crippen LogP contribution >= 0.6 is 0 Å². The fourth-order valence-corrected chi connectivity index (χ4v) is 2.72. The van der Waals surface area contributed by atoms with E-state index in [9.17, 15) is 5.11 Å². The van der Waals surface area contributed by atoms with Crippen LogP contribution in [0.5, 0.6) is 11.5 Å². The molecule has 1 unspecified atom stereocenters. The Labute approximate surface area is 122 Å². The molecule has 0 amide bonds. The van der Waals surface area contributed by atoms with Gasteiger partial charge in [0.15, 0.2) is 11.5 Å². The minimum atomic E-state index is 0.277. The van der Waals surface area contributed by atoms with Gasteiger partial charge in [-0.3, -0.25) is 9.80 Å². The molecule has 112 valence electrons. The summed E-state index contributed by atoms with van der Waals surface area (Å²) in [7, 11) is 1.59. The van der Waals surface area contributed by atoms with Gasteiger partial charge in [-0.25, -0.2) is 0 Å². The average Bonchev–Trinajstić information content (AvgIpc) is 2.49. The number of phenols is 1. The molecule has 2 rings (SSSR count). The van der Waals surface area contributed by atoms with Gasteiger partial charge in [0.25, 0.3) is 0 Å². The standard InChI is InChI=1S/C16H26N2O2/c1-4-13(2)18-10-8-17(9-11-18)12-14-6-5-7-15(20-3)16(14)19/h5-7,13,19H,4,8-12H2,1-3H3. The Bertz CT molecular complexity index is 428. The number of aromatic hydroxyl groups is 1. The molecule has 0 radical (unpaired) electrons. The van der Waals surface area contributed by atoms with Crippen LogP contribution in [0.15, 0.2) is 18.2 Å². The molecule has 1 aliphatic heterocycles. The Morgan fingerprint density at radius 2 is 1.95 bits per heavy atom. The van der Waals surface area contributed by atoms with Crippen LogP contribution in [0.1, 0.15) is 25.8 Å². The van der Waals surface area contributed by atoms with Crippen molar-refractivity contribution >= 4 is 0 Å². The summed E-state index contributed by atoms with van der Waals surface area (Å²) < 4.78 is 5.16. The molecule has 1 saturated heterocycles. The molecule has 1 aliphatic rings. The van der Waals surface area contributed by atoms with E-state index in [1.807, 2.05) is 12.1 Å². The van der Waals surface area contributed by atoms with E-state index in [0.717, 1.165) is 38.3 Å². The van der Waals surface area contributed by atoms with Gasteiger partial charge in [-0.2, -0.15) is 0 Å². The van der Waals surface area contributed by atoms with E-state index in [4.69, 9.17) is 4.74 Å². The molecule has 1 heterocycles. The van der Waals surface area contributed by atoms with Crippen molar-refractivity contribution < 1.29 is 9.84 Å². The molecular weight excluding hydrogens is 252 g/mol. The molecular formula is C16H26N2O2. The molecule has 4 nitrogen and oxygen atoms in total. The van der Waals surface area contributed by atoms with Gasteiger partial charge >= 0.3 is 0 Å². The van der Waals surface area contributed by atoms with E-state index in [1.165, 1.54) is 6.42 Å². The van der Waals surface area contributed by atoms with E-state index in [1.54, 1.807) is 13.2 Å². The maximum Gasteiger partial charge on any atom is 0.162 e. The molecule has 1 aromatic rings. The smallest absolute Gasteiger partial charge is 0.162 e. The summed E-state index contributed by atoms with van der Waals surface area (Å²) in [6.07, 6.45) is 1.21. The molecule has 20 heavy (non-hydrogen) atoms. The molecule has 0 spiro atoms. The van der Waals surface area contributed by atoms with Gasteiger partial charge in [0.1, 0.15) is 0 Å². The highest BCUT2D eigenvalue weighted by molar-refractivity contribution is 5.45. The largest absolute Gasteiger partial charge is 0.504 e. The van der Waals surface area contributed by atoms with Crippen molar-refractivity contribution in [1.82, 2.24) is 9.80 Å². The van der Waals surface area contributed by atoms with Crippen molar-refractivity contribution in [3.8, 4) is 11.5 Å². The third kappa shape index (κ3) is 3.44. The van der Waals surface area contributed by atoms with Crippen LogP contribution < -0.4 is 4.74 Å². The Morgan fingerprint density at radius 1 is 1.25 bits per heavy atom. The molecule has 0 bridgehead atoms. The minimum Gasteiger partial charge on any atom is -0.504 e. The lowest BCUT2D eigenvalue weighted by Gasteiger charge is -2.37. The monoisotopic (exact) mass is 278 g/mol. The number of hydrogen-bond acceptors (Lipinski definition) is 4. The third-order valence-corrected chi connectivity index (χ3v) is 4.32. The fraction of sp³-hybridized carbons (Fsp3) is 0.625. The normalized spacial score (nSPS) is 18.9. The van der Waals surface area contributed by atoms with Gasteiger partial charge in [0.2, 0.25) is 0 Å². The molecule has 1 atom stereocenters. The molecule has 1 fully saturated rings. The van der Waals surface area contributed by atoms with Crippen LogP contribution in [0.4, 0.5) is 0 Å². The highest BCUT2D eigenvalue weighted by Gasteiger charge is 2.21. The van der Waals surface area contributed by atoms with Crippen LogP contribution in [0, 0.1) is 0 Å². The number of piperazine rings is 1. The van der Waals surface area contributed by atoms with E-state index >= 15 is 0 Å². The first-order valence-corrected chi connectivity index (χ1v) is 7.47. The van der Waals surface area contributed by atoms with E-state index < -0.39 is 0 Å². The number of benzene rings is 1. The number of para-hydroxylation sites is 1. The van der Waals surface area contributed by atoms with Crippen molar-refractivity contribution in [1.29, 1.82) is 0 Å². The van der Waals surface area contributed by atoms with Crippen LogP contribution in [0.25, 0.3) is 0 Å². The lowest BCUT2D eigenvalue weighted by atomic mass is 10.1. The van der Waals surface area contributed by atoms with Gasteiger partial charge in [-0.05, 0) is 19.4 Å². The first-order chi connectivity index (χ1) is 9.65. The first-order valence-electron chi connectivity index (χ1n) is 7.47. The van der Waals surface area contributed by atoms with Crippen molar-refractivity contribution in [3.05, 3.63) is 23.8 Å². The lowest BCUT2D eigenvalue weighted by molar-refractivity contribution is 0.0958. The maximum atomic E-state index is 10.1. The number of ether oxygens (including phenoxy) is 1. The second-order valence-corrected chi connectivity index (χ2v) is 5.54. The number of methoxy groups -OCH3 is 1. The Hall–Kier alpha value is -1.26. The Morgan fingerprint density at radius 3 is 2.55 bits per heavy atom. The van der Waals surface area contributed by atoms with Gasteiger partial charge in [0, 0.05) is 44.3 Å². The molecule has 0 saturated carbocycles. The third-order valence-electron chi connectivity index (χ3n) is 4.32. The first kappa shape index (κ1) is 15.1. The Balaban J connectivity index is 1.93. The summed E-state index contributed by atoms with van der Waals surface area (Å²) in [6, 6.07) is 6.37. The number of rotatable bonds is 5. The van der Waals surface area contributed by atoms with Crippen molar-refractivity contribution in [2.45, 2.75) is 32.9 Å². The highest BCUT2D eigenvalue weighted by Crippen LogP contribution is 2.30. The van der Waals surface area contributed by atoms with Gasteiger partial charge < -0.3 is 9.84 Å². The summed E-state index contributed by atoms with van der Waals surface area (Å²) in [5.74, 6) is 0.833. The highest BCUT2D eigenvalue weighted by atomic mass is 16.5. The average molecular weight is 278 g/mol. The van der Waals surface area contributed by atoms with Crippen molar-refractivity contribution in [2.24, 2.45) is 0 Å². The molecule has 4 heteroatoms. The van der Waals surface area contributed by atoms with Crippen molar-refractivity contribution in [2.75, 3.05) is 33.3 Å². The predicted molar refractivity (Wildman–Crippen MR) is 81.3 cm³/mol. The van der Waals surface area contributed by atoms with Crippen molar-refractivity contribution in [3.63, 3.8) is 0 Å². The zero-order valence-electron chi connectivity index (χ0n) is 12.8. The van der Waals surface area contributed by atoms with Gasteiger partial charge in [0.05, 0.1) is 7.11 Å². The maximum absolute atomic E-state index is 10.1. The van der Waals surface area contributed by atoms with E-state index in [0.29, 0.717) is 11.8 Å². The summed E-state index contributed by atoms with van der Waals surface area (Å²) in [5.41, 5.74) is 0.946. The summed E-state index contributed by atoms with van der Waals surface area (Å²) in [6.45, 7) is 9.66. The Kier molecular flexibility index (Phi) is 5.26. The van der Waals surface area contributed by atoms with E-state index in [2.05, 4.69) is 23.6 Å². The van der Waals surface area contributed by atoms with Crippen LogP contribution in [-0.2, 0) is 6.54 Å². The zero-order valence-corrected chi connectivity index (χ0v) is 12.8. The molecule has 1 N–H and O–H groups in total. The fourth-order valence-electron chi connectivity index (χ4n) is 2.72. The van der Waals surface area contributed by atoms with Gasteiger partial charge in [-0.15, -0.1) is 0 Å². The van der Waals surface area contributed by atoms with E-state index in [-0.39, 0.29) is 5.75 Å². The van der Waals surface area contributed by atoms with Crippen LogP contribution in [-0.4, -0.2) is 54.2 Å². The second-order valence-electron chi connectivity index (χ2n) is 5.54. The number of nitrogens with zero attached hydrogens (tertiary/aromatic N) is 2. The second kappa shape index (κ2) is 6.95. The quantitative estimate of drug-likeness (QED) is 0.896.